The second kappa shape index (κ2) is 14.5. The number of allylic oxidation sites excluding steroid dienone is 1. The number of benzene rings is 1. The summed E-state index contributed by atoms with van der Waals surface area (Å²) < 4.78 is 53.4. The van der Waals surface area contributed by atoms with Crippen LogP contribution in [-0.2, 0) is 30.8 Å². The zero-order valence-electron chi connectivity index (χ0n) is 29.5. The molecule has 3 fully saturated rings. The molecule has 15 nitrogen and oxygen atoms in total. The Balaban J connectivity index is 1.20. The van der Waals surface area contributed by atoms with Gasteiger partial charge in [-0.25, -0.2) is 22.8 Å². The van der Waals surface area contributed by atoms with Crippen LogP contribution >= 0.6 is 0 Å². The third kappa shape index (κ3) is 7.75. The lowest BCUT2D eigenvalue weighted by Crippen LogP contribution is -2.58. The van der Waals surface area contributed by atoms with Crippen molar-refractivity contribution in [2.45, 2.75) is 107 Å². The summed E-state index contributed by atoms with van der Waals surface area (Å²) in [4.78, 5) is 66.2. The third-order valence-corrected chi connectivity index (χ3v) is 12.1. The molecule has 0 radical (unpaired) electrons. The largest absolute Gasteiger partial charge is 0.471 e. The quantitative estimate of drug-likeness (QED) is 0.286. The molecule has 2 saturated carbocycles. The van der Waals surface area contributed by atoms with Crippen molar-refractivity contribution in [1.29, 1.82) is 0 Å². The van der Waals surface area contributed by atoms with E-state index in [1.165, 1.54) is 29.2 Å². The lowest BCUT2D eigenvalue weighted by Gasteiger charge is -2.29. The second-order valence-electron chi connectivity index (χ2n) is 14.3. The number of halogens is 1. The highest BCUT2D eigenvalue weighted by Gasteiger charge is 2.62. The van der Waals surface area contributed by atoms with E-state index >= 15 is 0 Å². The predicted octanol–water partition coefficient (Wildman–Crippen LogP) is 2.78. The topological polar surface area (TPSA) is 203 Å². The summed E-state index contributed by atoms with van der Waals surface area (Å²) in [5.74, 6) is -3.57. The van der Waals surface area contributed by atoms with Gasteiger partial charge in [0, 0.05) is 24.5 Å². The normalized spacial score (nSPS) is 26.5. The van der Waals surface area contributed by atoms with Gasteiger partial charge in [0.15, 0.2) is 0 Å². The maximum absolute atomic E-state index is 14.5. The Morgan fingerprint density at radius 2 is 1.92 bits per heavy atom. The molecule has 2 aromatic heterocycles. The van der Waals surface area contributed by atoms with Gasteiger partial charge in [0.25, 0.3) is 11.8 Å². The van der Waals surface area contributed by atoms with E-state index < -0.39 is 74.4 Å². The Labute approximate surface area is 305 Å². The second-order valence-corrected chi connectivity index (χ2v) is 16.3. The maximum Gasteiger partial charge on any atom is 0.290 e. The fraction of sp³-hybridized carbons (Fsp3) is 0.528. The van der Waals surface area contributed by atoms with Gasteiger partial charge in [0.2, 0.25) is 33.5 Å². The van der Waals surface area contributed by atoms with E-state index in [1.807, 2.05) is 19.1 Å². The molecule has 0 spiro atoms. The van der Waals surface area contributed by atoms with Gasteiger partial charge in [-0.2, -0.15) is 0 Å². The molecular weight excluding hydrogens is 710 g/mol. The summed E-state index contributed by atoms with van der Waals surface area (Å²) in [5, 5.41) is 8.73. The van der Waals surface area contributed by atoms with Crippen LogP contribution in [0.15, 0.2) is 40.9 Å². The van der Waals surface area contributed by atoms with Gasteiger partial charge in [-0.15, -0.1) is 0 Å². The Morgan fingerprint density at radius 3 is 2.66 bits per heavy atom. The molecule has 5 atom stereocenters. The number of ether oxygens (including phenoxy) is 1. The number of sulfonamides is 1. The third-order valence-electron chi connectivity index (χ3n) is 10.3. The van der Waals surface area contributed by atoms with E-state index in [0.29, 0.717) is 49.0 Å². The molecular formula is C36H42FN7O8S. The lowest BCUT2D eigenvalue weighted by molar-refractivity contribution is -0.141. The van der Waals surface area contributed by atoms with Crippen molar-refractivity contribution in [2.24, 2.45) is 5.92 Å². The maximum atomic E-state index is 14.5. The van der Waals surface area contributed by atoms with Crippen LogP contribution in [0.1, 0.15) is 86.7 Å². The highest BCUT2D eigenvalue weighted by atomic mass is 32.2. The van der Waals surface area contributed by atoms with Gasteiger partial charge in [0.05, 0.1) is 28.5 Å². The zero-order chi connectivity index (χ0) is 37.5. The molecule has 3 N–H and O–H groups in total. The first-order valence-corrected chi connectivity index (χ1v) is 19.6. The molecule has 3 aromatic rings. The Morgan fingerprint density at radius 1 is 1.11 bits per heavy atom. The van der Waals surface area contributed by atoms with Crippen molar-refractivity contribution in [1.82, 2.24) is 35.4 Å². The number of nitrogens with one attached hydrogen (secondary N) is 3. The molecule has 2 aliphatic heterocycles. The fourth-order valence-corrected chi connectivity index (χ4v) is 8.44. The molecule has 7 rings (SSSR count). The number of hydrogen-bond acceptors (Lipinski definition) is 11. The van der Waals surface area contributed by atoms with Gasteiger partial charge in [0.1, 0.15) is 35.2 Å². The predicted molar refractivity (Wildman–Crippen MR) is 187 cm³/mol. The lowest BCUT2D eigenvalue weighted by atomic mass is 10.0. The van der Waals surface area contributed by atoms with Crippen LogP contribution in [0.5, 0.6) is 5.88 Å². The van der Waals surface area contributed by atoms with E-state index in [0.717, 1.165) is 12.8 Å². The van der Waals surface area contributed by atoms with Crippen molar-refractivity contribution in [2.75, 3.05) is 6.54 Å². The van der Waals surface area contributed by atoms with Crippen LogP contribution in [0.3, 0.4) is 0 Å². The van der Waals surface area contributed by atoms with Gasteiger partial charge >= 0.3 is 0 Å². The highest BCUT2D eigenvalue weighted by Crippen LogP contribution is 2.46. The number of rotatable bonds is 8. The first-order chi connectivity index (χ1) is 25.4. The first-order valence-electron chi connectivity index (χ1n) is 18.1. The summed E-state index contributed by atoms with van der Waals surface area (Å²) in [6.07, 6.45) is 7.49. The van der Waals surface area contributed by atoms with Gasteiger partial charge in [-0.3, -0.25) is 23.9 Å². The van der Waals surface area contributed by atoms with Crippen LogP contribution in [0.25, 0.3) is 11.0 Å². The number of carbonyl (C=O) groups is 4. The average Bonchev–Trinajstić information content (AvgIpc) is 4.01. The highest BCUT2D eigenvalue weighted by molar-refractivity contribution is 7.91. The van der Waals surface area contributed by atoms with Crippen molar-refractivity contribution in [3.63, 3.8) is 0 Å². The first kappa shape index (κ1) is 36.4. The van der Waals surface area contributed by atoms with E-state index in [-0.39, 0.29) is 43.0 Å². The molecule has 0 unspecified atom stereocenters. The number of aryl methyl sites for hydroxylation is 2. The van der Waals surface area contributed by atoms with Crippen molar-refractivity contribution >= 4 is 44.7 Å². The van der Waals surface area contributed by atoms with Crippen molar-refractivity contribution < 1.29 is 41.2 Å². The summed E-state index contributed by atoms with van der Waals surface area (Å²) in [6, 6.07) is 3.28. The summed E-state index contributed by atoms with van der Waals surface area (Å²) in [5.41, 5.74) is 0.193. The van der Waals surface area contributed by atoms with Crippen molar-refractivity contribution in [3.8, 4) is 5.88 Å². The van der Waals surface area contributed by atoms with Gasteiger partial charge in [-0.05, 0) is 64.0 Å². The van der Waals surface area contributed by atoms with Crippen LogP contribution < -0.4 is 20.1 Å². The molecule has 1 aromatic carbocycles. The number of aromatic nitrogens is 3. The number of carbonyl (C=O) groups excluding carboxylic acids is 4. The molecule has 282 valence electrons. The number of hydrogen-bond donors (Lipinski definition) is 3. The van der Waals surface area contributed by atoms with Crippen LogP contribution in [0.2, 0.25) is 0 Å². The molecule has 17 heteroatoms. The number of fused-ring (bicyclic) bond motifs is 3. The Hall–Kier alpha value is -4.93. The molecule has 53 heavy (non-hydrogen) atoms. The summed E-state index contributed by atoms with van der Waals surface area (Å²) >= 11 is 0. The van der Waals surface area contributed by atoms with Crippen LogP contribution in [-0.4, -0.2) is 87.6 Å². The number of nitrogens with zero attached hydrogens (tertiary/aromatic N) is 4. The molecule has 4 heterocycles. The summed E-state index contributed by atoms with van der Waals surface area (Å²) in [7, 11) is -3.91. The summed E-state index contributed by atoms with van der Waals surface area (Å²) in [6.45, 7) is 3.44. The van der Waals surface area contributed by atoms with Crippen molar-refractivity contribution in [3.05, 3.63) is 59.4 Å². The van der Waals surface area contributed by atoms with Gasteiger partial charge in [-0.1, -0.05) is 37.1 Å². The Bertz CT molecular complexity index is 2090. The van der Waals surface area contributed by atoms with E-state index in [9.17, 15) is 32.0 Å². The minimum atomic E-state index is -3.91. The van der Waals surface area contributed by atoms with E-state index in [2.05, 4.69) is 30.5 Å². The molecule has 4 aliphatic rings. The van der Waals surface area contributed by atoms with E-state index in [1.54, 1.807) is 6.92 Å². The monoisotopic (exact) mass is 751 g/mol. The average molecular weight is 752 g/mol. The minimum Gasteiger partial charge on any atom is -0.471 e. The number of amides is 4. The standard InChI is InChI=1S/C36H42FN7O8S/c1-3-25-33(40-28-16-22(37)11-14-26(28)38-25)51-23-17-29-31(45)41-36(35(48)43-53(49,50)24-12-13-24)18-21(36)9-7-5-4-6-8-10-27(34(47)44(29)19-23)39-32(46)30-15-20(2)42-52-30/h7,9,11,14-16,21,23-24,27,29H,3-6,8,10,12-13,17-19H2,1-2H3,(H,39,46)(H,41,45)(H,43,48)/t21-,23-,27+,29+,36-/m1/s1. The van der Waals surface area contributed by atoms with E-state index in [4.69, 9.17) is 9.26 Å². The smallest absolute Gasteiger partial charge is 0.290 e. The molecule has 4 amide bonds. The molecule has 0 bridgehead atoms. The SMILES string of the molecule is CCc1nc2ccc(F)cc2nc1O[C@@H]1C[C@H]2C(=O)N[C@]3(C(=O)NS(=O)(=O)C4CC4)C[C@H]3C=CCCCCC[C@H](NC(=O)c3cc(C)no3)C(=O)N2C1. The zero-order valence-corrected chi connectivity index (χ0v) is 30.3. The Kier molecular flexibility index (Phi) is 9.95. The molecule has 1 saturated heterocycles. The fourth-order valence-electron chi connectivity index (χ4n) is 7.08. The van der Waals surface area contributed by atoms with Gasteiger partial charge < -0.3 is 24.8 Å². The van der Waals surface area contributed by atoms with Crippen LogP contribution in [0.4, 0.5) is 4.39 Å². The minimum absolute atomic E-state index is 0.0237. The van der Waals surface area contributed by atoms with Crippen LogP contribution in [0, 0.1) is 18.7 Å². The molecule has 2 aliphatic carbocycles.